The molecule has 0 bridgehead atoms. The monoisotopic (exact) mass is 378 g/mol. The highest BCUT2D eigenvalue weighted by molar-refractivity contribution is 6.30. The number of rotatable bonds is 2. The molecule has 0 fully saturated rings. The molecule has 0 radical (unpaired) electrons. The van der Waals surface area contributed by atoms with Gasteiger partial charge >= 0.3 is 0 Å². The minimum Gasteiger partial charge on any atom is -0.301 e. The summed E-state index contributed by atoms with van der Waals surface area (Å²) in [5.74, 6) is 1.86. The first-order valence-electron chi connectivity index (χ1n) is 8.93. The van der Waals surface area contributed by atoms with E-state index in [-0.39, 0.29) is 6.04 Å². The number of fused-ring (bicyclic) bond motifs is 2. The quantitative estimate of drug-likeness (QED) is 0.576. The van der Waals surface area contributed by atoms with E-state index in [2.05, 4.69) is 61.2 Å². The summed E-state index contributed by atoms with van der Waals surface area (Å²) in [5.41, 5.74) is 4.27. The number of aromatic amines is 1. The largest absolute Gasteiger partial charge is 0.301 e. The van der Waals surface area contributed by atoms with Crippen LogP contribution in [0.5, 0.6) is 0 Å². The fourth-order valence-electron chi connectivity index (χ4n) is 3.86. The Kier molecular flexibility index (Phi) is 3.77. The van der Waals surface area contributed by atoms with E-state index in [1.165, 1.54) is 5.56 Å². The van der Waals surface area contributed by atoms with Gasteiger partial charge in [0.1, 0.15) is 5.82 Å². The second-order valence-corrected chi connectivity index (χ2v) is 7.59. The standard InChI is InChI=1S/C20H19ClN6/c1-12-16-9-14(5-8-17(16)23-22-12)20-25-24-19-11-26(2)10-18(27(19)20)13-3-6-15(21)7-4-13/h3-9,18H,10-11H2,1-2H3,(H,22,23)/t18-/m0/s1. The molecule has 2 aromatic carbocycles. The Bertz CT molecular complexity index is 1130. The minimum absolute atomic E-state index is 0.141. The number of aromatic nitrogens is 5. The average molecular weight is 379 g/mol. The van der Waals surface area contributed by atoms with Crippen molar-refractivity contribution in [2.75, 3.05) is 13.6 Å². The van der Waals surface area contributed by atoms with Crippen molar-refractivity contribution in [1.82, 2.24) is 29.9 Å². The molecule has 6 nitrogen and oxygen atoms in total. The normalized spacial score (nSPS) is 17.4. The molecule has 0 unspecified atom stereocenters. The van der Waals surface area contributed by atoms with Gasteiger partial charge in [-0.15, -0.1) is 10.2 Å². The summed E-state index contributed by atoms with van der Waals surface area (Å²) in [6.07, 6.45) is 0. The molecule has 0 amide bonds. The smallest absolute Gasteiger partial charge is 0.164 e. The van der Waals surface area contributed by atoms with Gasteiger partial charge in [0.05, 0.1) is 18.1 Å². The zero-order chi connectivity index (χ0) is 18.5. The number of nitrogens with zero attached hydrogens (tertiary/aromatic N) is 5. The molecular weight excluding hydrogens is 360 g/mol. The molecule has 0 aliphatic carbocycles. The number of nitrogens with one attached hydrogen (secondary N) is 1. The van der Waals surface area contributed by atoms with Crippen molar-refractivity contribution in [2.45, 2.75) is 19.5 Å². The number of aryl methyl sites for hydroxylation is 1. The van der Waals surface area contributed by atoms with Crippen LogP contribution >= 0.6 is 11.6 Å². The van der Waals surface area contributed by atoms with E-state index < -0.39 is 0 Å². The maximum absolute atomic E-state index is 6.09. The first-order valence-corrected chi connectivity index (χ1v) is 9.31. The molecule has 136 valence electrons. The van der Waals surface area contributed by atoms with E-state index in [4.69, 9.17) is 11.6 Å². The van der Waals surface area contributed by atoms with Gasteiger partial charge in [-0.25, -0.2) is 0 Å². The fourth-order valence-corrected chi connectivity index (χ4v) is 3.98. The molecule has 1 N–H and O–H groups in total. The lowest BCUT2D eigenvalue weighted by Crippen LogP contribution is -2.35. The van der Waals surface area contributed by atoms with Crippen molar-refractivity contribution < 1.29 is 0 Å². The van der Waals surface area contributed by atoms with E-state index in [1.807, 2.05) is 25.1 Å². The van der Waals surface area contributed by atoms with Crippen molar-refractivity contribution in [3.63, 3.8) is 0 Å². The Labute approximate surface area is 161 Å². The summed E-state index contributed by atoms with van der Waals surface area (Å²) in [6, 6.07) is 14.4. The van der Waals surface area contributed by atoms with Crippen LogP contribution in [0.4, 0.5) is 0 Å². The van der Waals surface area contributed by atoms with Crippen LogP contribution in [0.3, 0.4) is 0 Å². The van der Waals surface area contributed by atoms with Crippen LogP contribution in [-0.2, 0) is 6.54 Å². The van der Waals surface area contributed by atoms with Gasteiger partial charge in [0.25, 0.3) is 0 Å². The topological polar surface area (TPSA) is 62.6 Å². The third kappa shape index (κ3) is 2.72. The Morgan fingerprint density at radius 3 is 2.74 bits per heavy atom. The first-order chi connectivity index (χ1) is 13.1. The molecule has 27 heavy (non-hydrogen) atoms. The van der Waals surface area contributed by atoms with Gasteiger partial charge in [0.15, 0.2) is 5.82 Å². The molecular formula is C20H19ClN6. The van der Waals surface area contributed by atoms with E-state index in [0.29, 0.717) is 0 Å². The number of H-pyrrole nitrogens is 1. The molecule has 0 saturated heterocycles. The Morgan fingerprint density at radius 2 is 1.93 bits per heavy atom. The molecule has 5 rings (SSSR count). The molecule has 0 saturated carbocycles. The van der Waals surface area contributed by atoms with Crippen LogP contribution in [-0.4, -0.2) is 43.5 Å². The van der Waals surface area contributed by atoms with Crippen molar-refractivity contribution in [3.8, 4) is 11.4 Å². The summed E-state index contributed by atoms with van der Waals surface area (Å²) in [7, 11) is 2.11. The van der Waals surface area contributed by atoms with Crippen LogP contribution in [0.1, 0.15) is 23.1 Å². The van der Waals surface area contributed by atoms with Gasteiger partial charge in [0.2, 0.25) is 0 Å². The summed E-state index contributed by atoms with van der Waals surface area (Å²) >= 11 is 6.09. The van der Waals surface area contributed by atoms with Crippen LogP contribution < -0.4 is 0 Å². The van der Waals surface area contributed by atoms with Crippen LogP contribution in [0, 0.1) is 6.92 Å². The third-order valence-corrected chi connectivity index (χ3v) is 5.48. The highest BCUT2D eigenvalue weighted by Crippen LogP contribution is 2.33. The first kappa shape index (κ1) is 16.5. The Morgan fingerprint density at radius 1 is 1.11 bits per heavy atom. The van der Waals surface area contributed by atoms with Crippen LogP contribution in [0.25, 0.3) is 22.3 Å². The number of likely N-dealkylation sites (N-methyl/N-ethyl adjacent to an activating group) is 1. The molecule has 0 spiro atoms. The van der Waals surface area contributed by atoms with E-state index in [9.17, 15) is 0 Å². The Hall–Kier alpha value is -2.70. The third-order valence-electron chi connectivity index (χ3n) is 5.23. The number of hydrogen-bond donors (Lipinski definition) is 1. The molecule has 1 aliphatic heterocycles. The second kappa shape index (κ2) is 6.18. The van der Waals surface area contributed by atoms with Crippen LogP contribution in [0.2, 0.25) is 5.02 Å². The maximum Gasteiger partial charge on any atom is 0.164 e. The predicted octanol–water partition coefficient (Wildman–Crippen LogP) is 3.82. The lowest BCUT2D eigenvalue weighted by molar-refractivity contribution is 0.240. The number of halogens is 1. The van der Waals surface area contributed by atoms with Crippen molar-refractivity contribution in [3.05, 3.63) is 64.6 Å². The van der Waals surface area contributed by atoms with E-state index in [0.717, 1.165) is 51.9 Å². The highest BCUT2D eigenvalue weighted by Gasteiger charge is 2.29. The highest BCUT2D eigenvalue weighted by atomic mass is 35.5. The van der Waals surface area contributed by atoms with Gasteiger partial charge in [-0.1, -0.05) is 23.7 Å². The van der Waals surface area contributed by atoms with Gasteiger partial charge in [-0.3, -0.25) is 10.00 Å². The molecule has 4 aromatic rings. The van der Waals surface area contributed by atoms with Gasteiger partial charge in [-0.2, -0.15) is 5.10 Å². The molecule has 2 aromatic heterocycles. The lowest BCUT2D eigenvalue weighted by Gasteiger charge is -2.32. The molecule has 1 atom stereocenters. The summed E-state index contributed by atoms with van der Waals surface area (Å²) in [6.45, 7) is 3.71. The van der Waals surface area contributed by atoms with Crippen LogP contribution in [0.15, 0.2) is 42.5 Å². The summed E-state index contributed by atoms with van der Waals surface area (Å²) < 4.78 is 2.26. The zero-order valence-electron chi connectivity index (χ0n) is 15.1. The van der Waals surface area contributed by atoms with E-state index in [1.54, 1.807) is 0 Å². The van der Waals surface area contributed by atoms with E-state index >= 15 is 0 Å². The summed E-state index contributed by atoms with van der Waals surface area (Å²) in [4.78, 5) is 2.27. The zero-order valence-corrected chi connectivity index (χ0v) is 15.9. The van der Waals surface area contributed by atoms with Crippen molar-refractivity contribution in [2.24, 2.45) is 0 Å². The Balaban J connectivity index is 1.67. The molecule has 3 heterocycles. The maximum atomic E-state index is 6.09. The molecule has 1 aliphatic rings. The molecule has 7 heteroatoms. The predicted molar refractivity (Wildman–Crippen MR) is 106 cm³/mol. The number of benzene rings is 2. The number of hydrogen-bond acceptors (Lipinski definition) is 4. The lowest BCUT2D eigenvalue weighted by atomic mass is 10.0. The minimum atomic E-state index is 0.141. The van der Waals surface area contributed by atoms with Gasteiger partial charge in [-0.05, 0) is 49.9 Å². The van der Waals surface area contributed by atoms with Crippen molar-refractivity contribution >= 4 is 22.5 Å². The van der Waals surface area contributed by atoms with Gasteiger partial charge < -0.3 is 4.57 Å². The fraction of sp³-hybridized carbons (Fsp3) is 0.250. The second-order valence-electron chi connectivity index (χ2n) is 7.15. The average Bonchev–Trinajstić information content (AvgIpc) is 3.25. The van der Waals surface area contributed by atoms with Gasteiger partial charge in [0, 0.05) is 28.2 Å². The summed E-state index contributed by atoms with van der Waals surface area (Å²) in [5, 5.41) is 18.3. The SMILES string of the molecule is Cc1[nH]nc2ccc(-c3nnc4n3[C@H](c3ccc(Cl)cc3)CN(C)C4)cc12. The van der Waals surface area contributed by atoms with Crippen molar-refractivity contribution in [1.29, 1.82) is 0 Å².